The molecule has 0 saturated carbocycles. The number of imidazole rings is 1. The van der Waals surface area contributed by atoms with Gasteiger partial charge in [0.2, 0.25) is 0 Å². The van der Waals surface area contributed by atoms with Crippen molar-refractivity contribution in [2.75, 3.05) is 0 Å². The number of halogens is 1. The minimum Gasteiger partial charge on any atom is -0.329 e. The van der Waals surface area contributed by atoms with Gasteiger partial charge in [-0.1, -0.05) is 32.0 Å². The van der Waals surface area contributed by atoms with E-state index in [2.05, 4.69) is 18.8 Å². The van der Waals surface area contributed by atoms with E-state index >= 15 is 0 Å². The number of rotatable bonds is 5. The topological polar surface area (TPSA) is 43.8 Å². The summed E-state index contributed by atoms with van der Waals surface area (Å²) in [5.41, 5.74) is 7.79. The van der Waals surface area contributed by atoms with Crippen molar-refractivity contribution in [3.8, 4) is 0 Å². The summed E-state index contributed by atoms with van der Waals surface area (Å²) in [7, 11) is 0. The van der Waals surface area contributed by atoms with E-state index in [4.69, 9.17) is 5.73 Å². The molecule has 0 aliphatic carbocycles. The van der Waals surface area contributed by atoms with Gasteiger partial charge >= 0.3 is 0 Å². The van der Waals surface area contributed by atoms with Gasteiger partial charge in [0.05, 0.1) is 18.6 Å². The second-order valence-corrected chi connectivity index (χ2v) is 5.27. The molecule has 3 nitrogen and oxygen atoms in total. The normalized spacial score (nSPS) is 12.9. The molecule has 19 heavy (non-hydrogen) atoms. The first-order valence-corrected chi connectivity index (χ1v) is 6.57. The molecule has 2 N–H and O–H groups in total. The lowest BCUT2D eigenvalue weighted by Gasteiger charge is -2.16. The van der Waals surface area contributed by atoms with Gasteiger partial charge in [0.1, 0.15) is 5.82 Å². The molecule has 0 aliphatic heterocycles. The summed E-state index contributed by atoms with van der Waals surface area (Å²) < 4.78 is 15.6. The van der Waals surface area contributed by atoms with E-state index < -0.39 is 0 Å². The maximum Gasteiger partial charge on any atom is 0.128 e. The third kappa shape index (κ3) is 3.41. The average molecular weight is 261 g/mol. The summed E-state index contributed by atoms with van der Waals surface area (Å²) in [5, 5.41) is 0. The predicted molar refractivity (Wildman–Crippen MR) is 74.1 cm³/mol. The number of benzene rings is 1. The van der Waals surface area contributed by atoms with Crippen molar-refractivity contribution in [3.05, 3.63) is 53.9 Å². The van der Waals surface area contributed by atoms with Crippen molar-refractivity contribution < 1.29 is 4.39 Å². The first-order chi connectivity index (χ1) is 9.08. The van der Waals surface area contributed by atoms with E-state index in [1.165, 1.54) is 6.07 Å². The molecule has 1 atom stereocenters. The number of aromatic nitrogens is 2. The molecule has 0 bridgehead atoms. The quantitative estimate of drug-likeness (QED) is 0.898. The first kappa shape index (κ1) is 13.7. The molecule has 0 fully saturated rings. The number of hydrogen-bond donors (Lipinski definition) is 1. The molecule has 2 rings (SSSR count). The molecule has 0 radical (unpaired) electrons. The van der Waals surface area contributed by atoms with Crippen LogP contribution < -0.4 is 5.73 Å². The molecular formula is C15H20FN3. The standard InChI is InChI=1S/C15H20FN3/c1-11(2)7-14(17)15-8-18-10-19(15)9-12-5-3-4-6-13(12)16/h3-6,8,10-11,14H,7,9,17H2,1-2H3. The highest BCUT2D eigenvalue weighted by Gasteiger charge is 2.14. The lowest BCUT2D eigenvalue weighted by Crippen LogP contribution is -2.17. The summed E-state index contributed by atoms with van der Waals surface area (Å²) in [6, 6.07) is 6.73. The van der Waals surface area contributed by atoms with Crippen LogP contribution in [0.15, 0.2) is 36.8 Å². The van der Waals surface area contributed by atoms with Crippen LogP contribution in [-0.4, -0.2) is 9.55 Å². The summed E-state index contributed by atoms with van der Waals surface area (Å²) in [5.74, 6) is 0.325. The zero-order valence-electron chi connectivity index (χ0n) is 11.4. The fourth-order valence-corrected chi connectivity index (χ4v) is 2.21. The second-order valence-electron chi connectivity index (χ2n) is 5.27. The molecule has 4 heteroatoms. The van der Waals surface area contributed by atoms with Crippen LogP contribution in [0, 0.1) is 11.7 Å². The molecule has 1 heterocycles. The van der Waals surface area contributed by atoms with Gasteiger partial charge in [-0.2, -0.15) is 0 Å². The van der Waals surface area contributed by atoms with E-state index in [0.29, 0.717) is 18.0 Å². The number of nitrogens with zero attached hydrogens (tertiary/aromatic N) is 2. The average Bonchev–Trinajstić information content (AvgIpc) is 2.79. The molecule has 0 amide bonds. The van der Waals surface area contributed by atoms with Crippen LogP contribution in [0.5, 0.6) is 0 Å². The Hall–Kier alpha value is -1.68. The second kappa shape index (κ2) is 5.97. The maximum atomic E-state index is 13.7. The van der Waals surface area contributed by atoms with Gasteiger partial charge in [0.25, 0.3) is 0 Å². The third-order valence-corrected chi connectivity index (χ3v) is 3.15. The van der Waals surface area contributed by atoms with Crippen molar-refractivity contribution in [1.82, 2.24) is 9.55 Å². The Bertz CT molecular complexity index is 534. The van der Waals surface area contributed by atoms with Crippen molar-refractivity contribution in [3.63, 3.8) is 0 Å². The lowest BCUT2D eigenvalue weighted by atomic mass is 10.0. The SMILES string of the molecule is CC(C)CC(N)c1cncn1Cc1ccccc1F. The van der Waals surface area contributed by atoms with Crippen LogP contribution in [0.2, 0.25) is 0 Å². The summed E-state index contributed by atoms with van der Waals surface area (Å²) >= 11 is 0. The molecule has 0 aliphatic rings. The van der Waals surface area contributed by atoms with Crippen molar-refractivity contribution in [2.45, 2.75) is 32.9 Å². The fourth-order valence-electron chi connectivity index (χ4n) is 2.21. The van der Waals surface area contributed by atoms with Gasteiger partial charge in [-0.05, 0) is 18.4 Å². The molecule has 1 aromatic heterocycles. The van der Waals surface area contributed by atoms with E-state index in [9.17, 15) is 4.39 Å². The highest BCUT2D eigenvalue weighted by Crippen LogP contribution is 2.19. The molecule has 0 spiro atoms. The lowest BCUT2D eigenvalue weighted by molar-refractivity contribution is 0.486. The van der Waals surface area contributed by atoms with E-state index in [-0.39, 0.29) is 11.9 Å². The highest BCUT2D eigenvalue weighted by molar-refractivity contribution is 5.19. The Labute approximate surface area is 113 Å². The largest absolute Gasteiger partial charge is 0.329 e. The Kier molecular flexibility index (Phi) is 4.32. The zero-order valence-corrected chi connectivity index (χ0v) is 11.4. The highest BCUT2D eigenvalue weighted by atomic mass is 19.1. The number of nitrogens with two attached hydrogens (primary N) is 1. The smallest absolute Gasteiger partial charge is 0.128 e. The Morgan fingerprint density at radius 2 is 2.05 bits per heavy atom. The van der Waals surface area contributed by atoms with Gasteiger partial charge in [-0.25, -0.2) is 9.37 Å². The molecule has 2 aromatic rings. The van der Waals surface area contributed by atoms with Crippen molar-refractivity contribution >= 4 is 0 Å². The van der Waals surface area contributed by atoms with E-state index in [1.807, 2.05) is 10.6 Å². The van der Waals surface area contributed by atoms with Gasteiger partial charge < -0.3 is 10.3 Å². The Morgan fingerprint density at radius 1 is 1.32 bits per heavy atom. The summed E-state index contributed by atoms with van der Waals surface area (Å²) in [6.45, 7) is 4.74. The monoisotopic (exact) mass is 261 g/mol. The van der Waals surface area contributed by atoms with E-state index in [0.717, 1.165) is 12.1 Å². The predicted octanol–water partition coefficient (Wildman–Crippen LogP) is 3.12. The van der Waals surface area contributed by atoms with Crippen LogP contribution in [0.3, 0.4) is 0 Å². The van der Waals surface area contributed by atoms with Gasteiger partial charge in [-0.3, -0.25) is 0 Å². The fraction of sp³-hybridized carbons (Fsp3) is 0.400. The zero-order chi connectivity index (χ0) is 13.8. The Morgan fingerprint density at radius 3 is 2.74 bits per heavy atom. The van der Waals surface area contributed by atoms with Crippen molar-refractivity contribution in [2.24, 2.45) is 11.7 Å². The van der Waals surface area contributed by atoms with Crippen LogP contribution in [0.4, 0.5) is 4.39 Å². The molecule has 0 saturated heterocycles. The van der Waals surface area contributed by atoms with Crippen LogP contribution >= 0.6 is 0 Å². The minimum absolute atomic E-state index is 0.0609. The van der Waals surface area contributed by atoms with Crippen LogP contribution in [-0.2, 0) is 6.54 Å². The molecule has 102 valence electrons. The minimum atomic E-state index is -0.195. The maximum absolute atomic E-state index is 13.7. The third-order valence-electron chi connectivity index (χ3n) is 3.15. The van der Waals surface area contributed by atoms with Gasteiger partial charge in [-0.15, -0.1) is 0 Å². The Balaban J connectivity index is 2.18. The summed E-state index contributed by atoms with van der Waals surface area (Å²) in [4.78, 5) is 4.14. The molecule has 1 unspecified atom stereocenters. The van der Waals surface area contributed by atoms with Gasteiger partial charge in [0.15, 0.2) is 0 Å². The molecule has 1 aromatic carbocycles. The molecular weight excluding hydrogens is 241 g/mol. The van der Waals surface area contributed by atoms with Crippen LogP contribution in [0.1, 0.15) is 37.6 Å². The number of hydrogen-bond acceptors (Lipinski definition) is 2. The first-order valence-electron chi connectivity index (χ1n) is 6.57. The summed E-state index contributed by atoms with van der Waals surface area (Å²) in [6.07, 6.45) is 4.37. The van der Waals surface area contributed by atoms with Crippen molar-refractivity contribution in [1.29, 1.82) is 0 Å². The van der Waals surface area contributed by atoms with E-state index in [1.54, 1.807) is 24.7 Å². The van der Waals surface area contributed by atoms with Crippen LogP contribution in [0.25, 0.3) is 0 Å². The van der Waals surface area contributed by atoms with Gasteiger partial charge in [0, 0.05) is 17.8 Å².